The van der Waals surface area contributed by atoms with Crippen molar-refractivity contribution in [3.05, 3.63) is 46.8 Å². The third-order valence-corrected chi connectivity index (χ3v) is 3.34. The lowest BCUT2D eigenvalue weighted by Crippen LogP contribution is -2.27. The van der Waals surface area contributed by atoms with Gasteiger partial charge >= 0.3 is 0 Å². The number of carbonyl (C=O) groups is 1. The molecule has 1 heterocycles. The lowest BCUT2D eigenvalue weighted by molar-refractivity contribution is 0.0935. The van der Waals surface area contributed by atoms with E-state index in [4.69, 9.17) is 11.0 Å². The van der Waals surface area contributed by atoms with Crippen LogP contribution in [0.15, 0.2) is 24.3 Å². The van der Waals surface area contributed by atoms with Gasteiger partial charge in [0.2, 0.25) is 0 Å². The predicted octanol–water partition coefficient (Wildman–Crippen LogP) is 1.92. The third-order valence-electron chi connectivity index (χ3n) is 3.34. The number of nitrogens with zero attached hydrogens (tertiary/aromatic N) is 2. The Hall–Kier alpha value is -2.81. The van der Waals surface area contributed by atoms with Crippen LogP contribution in [0.1, 0.15) is 47.2 Å². The second kappa shape index (κ2) is 6.09. The van der Waals surface area contributed by atoms with Crippen LogP contribution in [0, 0.1) is 11.3 Å². The van der Waals surface area contributed by atoms with E-state index in [9.17, 15) is 4.79 Å². The quantitative estimate of drug-likeness (QED) is 0.796. The molecule has 0 saturated carbocycles. The minimum absolute atomic E-state index is 0.202. The lowest BCUT2D eigenvalue weighted by atomic mass is 10.1. The van der Waals surface area contributed by atoms with Gasteiger partial charge in [0.15, 0.2) is 5.69 Å². The molecule has 0 radical (unpaired) electrons. The Balaban J connectivity index is 2.11. The van der Waals surface area contributed by atoms with Crippen molar-refractivity contribution in [3.8, 4) is 6.07 Å². The van der Waals surface area contributed by atoms with E-state index < -0.39 is 0 Å². The van der Waals surface area contributed by atoms with Gasteiger partial charge in [-0.15, -0.1) is 0 Å². The van der Waals surface area contributed by atoms with Gasteiger partial charge in [-0.1, -0.05) is 19.1 Å². The molecule has 2 rings (SSSR count). The van der Waals surface area contributed by atoms with Gasteiger partial charge < -0.3 is 11.1 Å². The summed E-state index contributed by atoms with van der Waals surface area (Å²) in [5, 5.41) is 18.3. The highest BCUT2D eigenvalue weighted by Gasteiger charge is 2.18. The zero-order valence-corrected chi connectivity index (χ0v) is 12.0. The number of amides is 1. The average molecular weight is 283 g/mol. The van der Waals surface area contributed by atoms with Crippen LogP contribution in [0.3, 0.4) is 0 Å². The summed E-state index contributed by atoms with van der Waals surface area (Å²) in [7, 11) is 0. The maximum atomic E-state index is 12.2. The number of H-pyrrole nitrogens is 1. The first-order valence-electron chi connectivity index (χ1n) is 6.70. The number of anilines is 1. The van der Waals surface area contributed by atoms with Crippen molar-refractivity contribution in [2.75, 3.05) is 5.73 Å². The molecule has 1 aromatic carbocycles. The van der Waals surface area contributed by atoms with E-state index in [1.54, 1.807) is 12.1 Å². The van der Waals surface area contributed by atoms with Crippen LogP contribution in [0.2, 0.25) is 0 Å². The first-order valence-corrected chi connectivity index (χ1v) is 6.70. The molecule has 6 heteroatoms. The van der Waals surface area contributed by atoms with Crippen molar-refractivity contribution in [2.24, 2.45) is 0 Å². The maximum Gasteiger partial charge on any atom is 0.274 e. The van der Waals surface area contributed by atoms with E-state index in [0.29, 0.717) is 17.7 Å². The summed E-state index contributed by atoms with van der Waals surface area (Å²) in [4.78, 5) is 12.2. The SMILES string of the molecule is CCc1[nH]nc(C(=O)NC(C)c2ccc(C#N)cc2)c1N. The molecule has 1 atom stereocenters. The molecule has 0 fully saturated rings. The number of hydrogen-bond acceptors (Lipinski definition) is 4. The highest BCUT2D eigenvalue weighted by molar-refractivity contribution is 5.97. The molecule has 21 heavy (non-hydrogen) atoms. The van der Waals surface area contributed by atoms with Gasteiger partial charge in [0.05, 0.1) is 29.1 Å². The van der Waals surface area contributed by atoms with Crippen molar-refractivity contribution < 1.29 is 4.79 Å². The Bertz CT molecular complexity index is 681. The Kier molecular flexibility index (Phi) is 4.24. The summed E-state index contributed by atoms with van der Waals surface area (Å²) in [5.74, 6) is -0.319. The Morgan fingerprint density at radius 1 is 1.48 bits per heavy atom. The summed E-state index contributed by atoms with van der Waals surface area (Å²) >= 11 is 0. The zero-order chi connectivity index (χ0) is 15.4. The van der Waals surface area contributed by atoms with E-state index in [1.165, 1.54) is 0 Å². The molecule has 0 saturated heterocycles. The molecule has 0 spiro atoms. The van der Waals surface area contributed by atoms with E-state index in [2.05, 4.69) is 21.6 Å². The molecular formula is C15H17N5O. The number of benzene rings is 1. The van der Waals surface area contributed by atoms with Gasteiger partial charge in [-0.3, -0.25) is 9.89 Å². The topological polar surface area (TPSA) is 108 Å². The average Bonchev–Trinajstić information content (AvgIpc) is 2.88. The van der Waals surface area contributed by atoms with Crippen LogP contribution < -0.4 is 11.1 Å². The summed E-state index contributed by atoms with van der Waals surface area (Å²) in [6.07, 6.45) is 0.692. The van der Waals surface area contributed by atoms with E-state index >= 15 is 0 Å². The first-order chi connectivity index (χ1) is 10.1. The number of aromatic amines is 1. The fraction of sp³-hybridized carbons (Fsp3) is 0.267. The summed E-state index contributed by atoms with van der Waals surface area (Å²) in [5.41, 5.74) is 8.73. The molecule has 1 amide bonds. The van der Waals surface area contributed by atoms with Gasteiger partial charge in [0.25, 0.3) is 5.91 Å². The lowest BCUT2D eigenvalue weighted by Gasteiger charge is -2.13. The van der Waals surface area contributed by atoms with Crippen LogP contribution in [0.4, 0.5) is 5.69 Å². The fourth-order valence-electron chi connectivity index (χ4n) is 2.02. The van der Waals surface area contributed by atoms with Gasteiger partial charge in [-0.25, -0.2) is 0 Å². The molecule has 1 aromatic heterocycles. The smallest absolute Gasteiger partial charge is 0.274 e. The summed E-state index contributed by atoms with van der Waals surface area (Å²) < 4.78 is 0. The predicted molar refractivity (Wildman–Crippen MR) is 79.4 cm³/mol. The highest BCUT2D eigenvalue weighted by Crippen LogP contribution is 2.17. The number of nitrogens with one attached hydrogen (secondary N) is 2. The van der Waals surface area contributed by atoms with Gasteiger partial charge in [0, 0.05) is 0 Å². The van der Waals surface area contributed by atoms with Gasteiger partial charge in [0.1, 0.15) is 0 Å². The number of carbonyl (C=O) groups excluding carboxylic acids is 1. The number of aryl methyl sites for hydroxylation is 1. The normalized spacial score (nSPS) is 11.7. The van der Waals surface area contributed by atoms with Crippen LogP contribution in [-0.4, -0.2) is 16.1 Å². The Labute approximate surface area is 123 Å². The number of aromatic nitrogens is 2. The number of rotatable bonds is 4. The standard InChI is InChI=1S/C15H17N5O/c1-3-12-13(17)14(20-19-12)15(21)18-9(2)11-6-4-10(8-16)5-7-11/h4-7,9H,3,17H2,1-2H3,(H,18,21)(H,19,20). The third kappa shape index (κ3) is 3.03. The van der Waals surface area contributed by atoms with Crippen LogP contribution in [0.25, 0.3) is 0 Å². The van der Waals surface area contributed by atoms with Crippen molar-refractivity contribution in [3.63, 3.8) is 0 Å². The molecule has 0 aliphatic carbocycles. The molecule has 0 aliphatic heterocycles. The number of nitrogens with two attached hydrogens (primary N) is 1. The van der Waals surface area contributed by atoms with Gasteiger partial charge in [-0.2, -0.15) is 10.4 Å². The van der Waals surface area contributed by atoms with Crippen LogP contribution in [0.5, 0.6) is 0 Å². The molecule has 1 unspecified atom stereocenters. The van der Waals surface area contributed by atoms with Crippen LogP contribution >= 0.6 is 0 Å². The number of nitriles is 1. The van der Waals surface area contributed by atoms with Crippen molar-refractivity contribution in [2.45, 2.75) is 26.3 Å². The molecule has 0 aliphatic rings. The van der Waals surface area contributed by atoms with Gasteiger partial charge in [-0.05, 0) is 31.0 Å². The minimum Gasteiger partial charge on any atom is -0.395 e. The molecule has 0 bridgehead atoms. The number of hydrogen-bond donors (Lipinski definition) is 3. The van der Waals surface area contributed by atoms with Crippen molar-refractivity contribution in [1.82, 2.24) is 15.5 Å². The zero-order valence-electron chi connectivity index (χ0n) is 12.0. The second-order valence-corrected chi connectivity index (χ2v) is 4.75. The van der Waals surface area contributed by atoms with Crippen LogP contribution in [-0.2, 0) is 6.42 Å². The largest absolute Gasteiger partial charge is 0.395 e. The van der Waals surface area contributed by atoms with E-state index in [-0.39, 0.29) is 17.6 Å². The molecular weight excluding hydrogens is 266 g/mol. The Morgan fingerprint density at radius 2 is 2.14 bits per heavy atom. The molecule has 6 nitrogen and oxygen atoms in total. The maximum absolute atomic E-state index is 12.2. The number of nitrogen functional groups attached to an aromatic ring is 1. The van der Waals surface area contributed by atoms with Crippen molar-refractivity contribution >= 4 is 11.6 Å². The Morgan fingerprint density at radius 3 is 2.67 bits per heavy atom. The summed E-state index contributed by atoms with van der Waals surface area (Å²) in [6.45, 7) is 3.80. The molecule has 108 valence electrons. The van der Waals surface area contributed by atoms with E-state index in [1.807, 2.05) is 26.0 Å². The van der Waals surface area contributed by atoms with Crippen molar-refractivity contribution in [1.29, 1.82) is 5.26 Å². The first kappa shape index (κ1) is 14.6. The fourth-order valence-corrected chi connectivity index (χ4v) is 2.02. The van der Waals surface area contributed by atoms with E-state index in [0.717, 1.165) is 11.3 Å². The second-order valence-electron chi connectivity index (χ2n) is 4.75. The molecule has 4 N–H and O–H groups in total. The minimum atomic E-state index is -0.319. The summed E-state index contributed by atoms with van der Waals surface area (Å²) in [6, 6.07) is 8.92. The monoisotopic (exact) mass is 283 g/mol. The highest BCUT2D eigenvalue weighted by atomic mass is 16.2. The molecule has 2 aromatic rings.